The Morgan fingerprint density at radius 2 is 0.481 bits per heavy atom. The molecule has 0 aromatic carbocycles. The van der Waals surface area contributed by atoms with Gasteiger partial charge in [-0.1, -0.05) is 297 Å². The predicted molar refractivity (Wildman–Crippen MR) is 353 cm³/mol. The Balaban J connectivity index is 4.30. The molecular formula is C75H128O6. The molecule has 81 heavy (non-hydrogen) atoms. The average molecular weight is 1130 g/mol. The fourth-order valence-electron chi connectivity index (χ4n) is 9.66. The van der Waals surface area contributed by atoms with Gasteiger partial charge in [0.15, 0.2) is 6.10 Å². The molecule has 0 aromatic heterocycles. The molecule has 0 aliphatic rings. The number of carbonyl (C=O) groups excluding carboxylic acids is 3. The molecule has 0 aromatic rings. The summed E-state index contributed by atoms with van der Waals surface area (Å²) in [6.07, 6.45) is 94.1. The van der Waals surface area contributed by atoms with Crippen molar-refractivity contribution in [3.63, 3.8) is 0 Å². The van der Waals surface area contributed by atoms with Gasteiger partial charge in [0.05, 0.1) is 0 Å². The first-order valence-electron chi connectivity index (χ1n) is 34.4. The Morgan fingerprint density at radius 1 is 0.259 bits per heavy atom. The van der Waals surface area contributed by atoms with Gasteiger partial charge >= 0.3 is 17.9 Å². The largest absolute Gasteiger partial charge is 0.462 e. The van der Waals surface area contributed by atoms with Gasteiger partial charge in [0, 0.05) is 19.3 Å². The highest BCUT2D eigenvalue weighted by Crippen LogP contribution is 2.17. The first kappa shape index (κ1) is 77.1. The maximum Gasteiger partial charge on any atom is 0.306 e. The molecule has 0 spiro atoms. The second-order valence-corrected chi connectivity index (χ2v) is 22.7. The van der Waals surface area contributed by atoms with Gasteiger partial charge in [0.1, 0.15) is 13.2 Å². The zero-order valence-electron chi connectivity index (χ0n) is 53.3. The maximum atomic E-state index is 12.9. The van der Waals surface area contributed by atoms with Crippen molar-refractivity contribution in [3.05, 3.63) is 109 Å². The SMILES string of the molecule is CC/C=C\C/C=C\C/C=C\C/C=C\CCCCCCCCC(=O)OC(COC(=O)CCCC/C=C\C/C=C\C/C=C\C/C=C\CC)COC(=O)CCCCCCCCCCCCCCCCCCC/C=C\CCCCCCCCCC. The summed E-state index contributed by atoms with van der Waals surface area (Å²) in [6, 6.07) is 0. The third-order valence-corrected chi connectivity index (χ3v) is 14.7. The van der Waals surface area contributed by atoms with Crippen molar-refractivity contribution in [3.8, 4) is 0 Å². The first-order valence-corrected chi connectivity index (χ1v) is 34.4. The summed E-state index contributed by atoms with van der Waals surface area (Å²) in [5.74, 6) is -0.944. The van der Waals surface area contributed by atoms with Crippen LogP contribution in [0.25, 0.3) is 0 Å². The van der Waals surface area contributed by atoms with Crippen molar-refractivity contribution >= 4 is 17.9 Å². The number of unbranched alkanes of at least 4 members (excludes halogenated alkanes) is 33. The summed E-state index contributed by atoms with van der Waals surface area (Å²) >= 11 is 0. The fraction of sp³-hybridized carbons (Fsp3) is 0.720. The molecule has 0 fully saturated rings. The quantitative estimate of drug-likeness (QED) is 0.0261. The third kappa shape index (κ3) is 66.8. The summed E-state index contributed by atoms with van der Waals surface area (Å²) in [6.45, 7) is 6.40. The molecule has 6 heteroatoms. The number of hydrogen-bond acceptors (Lipinski definition) is 6. The van der Waals surface area contributed by atoms with Crippen molar-refractivity contribution in [1.82, 2.24) is 0 Å². The van der Waals surface area contributed by atoms with Gasteiger partial charge in [-0.2, -0.15) is 0 Å². The standard InChI is InChI=1S/C75H128O6/c1-4-7-10-13-16-19-22-25-28-30-32-33-34-35-36-37-38-39-40-41-43-44-47-50-53-56-59-62-65-68-74(77)80-71-72(70-79-73(76)67-64-61-58-55-52-49-46-27-24-21-18-15-12-9-6-3)81-75(78)69-66-63-60-57-54-51-48-45-42-31-29-26-23-20-17-14-11-8-5-2/h8-9,11-12,17-18,20-21,26-27,29-30,32,42,45-46,52,55,72H,4-7,10,13-16,19,22-25,28,31,33-41,43-44,47-51,53-54,56-71H2,1-3H3/b11-8-,12-9-,20-17-,21-18-,29-26-,32-30-,45-42-,46-27-,55-52-. The number of allylic oxidation sites excluding steroid dienone is 18. The van der Waals surface area contributed by atoms with Crippen LogP contribution in [-0.2, 0) is 28.6 Å². The van der Waals surface area contributed by atoms with Crippen molar-refractivity contribution in [2.24, 2.45) is 0 Å². The van der Waals surface area contributed by atoms with Gasteiger partial charge in [-0.15, -0.1) is 0 Å². The smallest absolute Gasteiger partial charge is 0.306 e. The minimum atomic E-state index is -0.806. The zero-order valence-corrected chi connectivity index (χ0v) is 53.3. The highest BCUT2D eigenvalue weighted by molar-refractivity contribution is 5.71. The molecule has 0 bridgehead atoms. The van der Waals surface area contributed by atoms with E-state index in [2.05, 4.69) is 130 Å². The summed E-state index contributed by atoms with van der Waals surface area (Å²) in [7, 11) is 0. The number of rotatable bonds is 62. The minimum Gasteiger partial charge on any atom is -0.462 e. The summed E-state index contributed by atoms with van der Waals surface area (Å²) in [5.41, 5.74) is 0. The average Bonchev–Trinajstić information content (AvgIpc) is 3.47. The van der Waals surface area contributed by atoms with Gasteiger partial charge in [-0.05, 0) is 122 Å². The number of hydrogen-bond donors (Lipinski definition) is 0. The highest BCUT2D eigenvalue weighted by atomic mass is 16.6. The molecule has 464 valence electrons. The molecule has 1 unspecified atom stereocenters. The Bertz CT molecular complexity index is 1620. The van der Waals surface area contributed by atoms with Crippen LogP contribution in [0.4, 0.5) is 0 Å². The van der Waals surface area contributed by atoms with E-state index in [0.717, 1.165) is 122 Å². The van der Waals surface area contributed by atoms with E-state index in [1.165, 1.54) is 167 Å². The topological polar surface area (TPSA) is 78.9 Å². The second-order valence-electron chi connectivity index (χ2n) is 22.7. The van der Waals surface area contributed by atoms with E-state index in [1.807, 2.05) is 0 Å². The molecule has 0 aliphatic carbocycles. The molecule has 0 saturated heterocycles. The molecular weight excluding hydrogens is 997 g/mol. The van der Waals surface area contributed by atoms with Gasteiger partial charge in [-0.3, -0.25) is 14.4 Å². The lowest BCUT2D eigenvalue weighted by Gasteiger charge is -2.18. The normalized spacial score (nSPS) is 12.8. The van der Waals surface area contributed by atoms with Gasteiger partial charge in [0.25, 0.3) is 0 Å². The maximum absolute atomic E-state index is 12.9. The van der Waals surface area contributed by atoms with E-state index in [0.29, 0.717) is 19.3 Å². The Hall–Kier alpha value is -3.93. The zero-order chi connectivity index (χ0) is 58.5. The van der Waals surface area contributed by atoms with Crippen LogP contribution in [0.2, 0.25) is 0 Å². The van der Waals surface area contributed by atoms with Crippen molar-refractivity contribution in [2.45, 2.75) is 335 Å². The predicted octanol–water partition coefficient (Wildman–Crippen LogP) is 23.8. The molecule has 0 saturated carbocycles. The van der Waals surface area contributed by atoms with Crippen LogP contribution < -0.4 is 0 Å². The Kier molecular flexibility index (Phi) is 65.2. The Labute approximate surface area is 501 Å². The lowest BCUT2D eigenvalue weighted by Crippen LogP contribution is -2.30. The molecule has 0 amide bonds. The molecule has 0 radical (unpaired) electrons. The van der Waals surface area contributed by atoms with Crippen LogP contribution in [0.15, 0.2) is 109 Å². The lowest BCUT2D eigenvalue weighted by molar-refractivity contribution is -0.167. The summed E-state index contributed by atoms with van der Waals surface area (Å²) in [5, 5.41) is 0. The number of carbonyl (C=O) groups is 3. The third-order valence-electron chi connectivity index (χ3n) is 14.7. The van der Waals surface area contributed by atoms with Crippen molar-refractivity contribution in [2.75, 3.05) is 13.2 Å². The highest BCUT2D eigenvalue weighted by Gasteiger charge is 2.19. The van der Waals surface area contributed by atoms with Crippen LogP contribution in [0.1, 0.15) is 329 Å². The monoisotopic (exact) mass is 1120 g/mol. The van der Waals surface area contributed by atoms with Gasteiger partial charge in [0.2, 0.25) is 0 Å². The lowest BCUT2D eigenvalue weighted by atomic mass is 10.0. The van der Waals surface area contributed by atoms with Gasteiger partial charge < -0.3 is 14.2 Å². The van der Waals surface area contributed by atoms with Gasteiger partial charge in [-0.25, -0.2) is 0 Å². The van der Waals surface area contributed by atoms with E-state index in [4.69, 9.17) is 14.2 Å². The van der Waals surface area contributed by atoms with Crippen LogP contribution >= 0.6 is 0 Å². The van der Waals surface area contributed by atoms with E-state index >= 15 is 0 Å². The summed E-state index contributed by atoms with van der Waals surface area (Å²) < 4.78 is 16.9. The molecule has 1 atom stereocenters. The van der Waals surface area contributed by atoms with E-state index in [9.17, 15) is 14.4 Å². The van der Waals surface area contributed by atoms with Crippen molar-refractivity contribution < 1.29 is 28.6 Å². The van der Waals surface area contributed by atoms with Crippen LogP contribution in [0, 0.1) is 0 Å². The second kappa shape index (κ2) is 68.6. The van der Waals surface area contributed by atoms with Crippen LogP contribution in [0.3, 0.4) is 0 Å². The first-order chi connectivity index (χ1) is 40.0. The van der Waals surface area contributed by atoms with E-state index in [-0.39, 0.29) is 31.1 Å². The Morgan fingerprint density at radius 3 is 0.790 bits per heavy atom. The van der Waals surface area contributed by atoms with E-state index < -0.39 is 6.10 Å². The fourth-order valence-corrected chi connectivity index (χ4v) is 9.66. The van der Waals surface area contributed by atoms with Crippen LogP contribution in [0.5, 0.6) is 0 Å². The minimum absolute atomic E-state index is 0.0965. The number of ether oxygens (including phenoxy) is 3. The number of esters is 3. The molecule has 0 aliphatic heterocycles. The summed E-state index contributed by atoms with van der Waals surface area (Å²) in [4.78, 5) is 38.4. The molecule has 0 heterocycles. The van der Waals surface area contributed by atoms with Crippen LogP contribution in [-0.4, -0.2) is 37.2 Å². The van der Waals surface area contributed by atoms with E-state index in [1.54, 1.807) is 0 Å². The van der Waals surface area contributed by atoms with Crippen molar-refractivity contribution in [1.29, 1.82) is 0 Å². The molecule has 0 rings (SSSR count). The molecule has 6 nitrogen and oxygen atoms in total. The molecule has 0 N–H and O–H groups in total.